The highest BCUT2D eigenvalue weighted by molar-refractivity contribution is 6.32. The predicted octanol–water partition coefficient (Wildman–Crippen LogP) is 6.03. The second-order valence-electron chi connectivity index (χ2n) is 8.65. The molecule has 0 spiro atoms. The minimum atomic E-state index is -4.78. The number of nitrogens with zero attached hydrogens (tertiary/aromatic N) is 2. The molecule has 0 unspecified atom stereocenters. The highest BCUT2D eigenvalue weighted by atomic mass is 35.5. The van der Waals surface area contributed by atoms with Crippen molar-refractivity contribution in [1.82, 2.24) is 15.3 Å². The summed E-state index contributed by atoms with van der Waals surface area (Å²) in [6.45, 7) is 2.82. The smallest absolute Gasteiger partial charge is 0.478 e. The molecule has 3 N–H and O–H groups in total. The van der Waals surface area contributed by atoms with Crippen molar-refractivity contribution in [1.29, 1.82) is 0 Å². The highest BCUT2D eigenvalue weighted by Gasteiger charge is 2.32. The second kappa shape index (κ2) is 12.9. The fourth-order valence-electron chi connectivity index (χ4n) is 3.99. The highest BCUT2D eigenvalue weighted by Crippen LogP contribution is 2.31. The molecule has 8 nitrogen and oxygen atoms in total. The van der Waals surface area contributed by atoms with Crippen molar-refractivity contribution in [2.75, 3.05) is 31.6 Å². The number of aromatic nitrogens is 2. The van der Waals surface area contributed by atoms with Gasteiger partial charge in [-0.15, -0.1) is 13.2 Å². The Hall–Kier alpha value is -3.67. The van der Waals surface area contributed by atoms with Crippen LogP contribution in [0, 0.1) is 0 Å². The van der Waals surface area contributed by atoms with E-state index in [0.717, 1.165) is 34.6 Å². The zero-order valence-corrected chi connectivity index (χ0v) is 21.5. The van der Waals surface area contributed by atoms with E-state index in [1.807, 2.05) is 6.07 Å². The first-order chi connectivity index (χ1) is 18.7. The maximum atomic E-state index is 12.3. The molecule has 0 aliphatic heterocycles. The van der Waals surface area contributed by atoms with Crippen molar-refractivity contribution >= 4 is 45.1 Å². The Balaban J connectivity index is 1.17. The van der Waals surface area contributed by atoms with Gasteiger partial charge in [-0.25, -0.2) is 9.78 Å². The van der Waals surface area contributed by atoms with Gasteiger partial charge in [0.25, 0.3) is 0 Å². The first kappa shape index (κ1) is 28.3. The van der Waals surface area contributed by atoms with Crippen LogP contribution >= 0.6 is 11.6 Å². The van der Waals surface area contributed by atoms with Gasteiger partial charge in [-0.2, -0.15) is 0 Å². The first-order valence-electron chi connectivity index (χ1n) is 12.2. The van der Waals surface area contributed by atoms with E-state index in [-0.39, 0.29) is 10.6 Å². The number of rotatable bonds is 13. The number of nitrogens with one attached hydrogen (secondary N) is 2. The number of carbonyl (C=O) groups is 1. The van der Waals surface area contributed by atoms with Crippen LogP contribution in [-0.2, 0) is 11.3 Å². The summed E-state index contributed by atoms with van der Waals surface area (Å²) in [5, 5.41) is 18.3. The summed E-state index contributed by atoms with van der Waals surface area (Å²) >= 11 is 5.86. The van der Waals surface area contributed by atoms with Crippen molar-refractivity contribution in [3.8, 4) is 5.75 Å². The Morgan fingerprint density at radius 3 is 2.54 bits per heavy atom. The Morgan fingerprint density at radius 2 is 1.79 bits per heavy atom. The van der Waals surface area contributed by atoms with Crippen LogP contribution in [0.4, 0.5) is 19.0 Å². The third kappa shape index (κ3) is 7.92. The van der Waals surface area contributed by atoms with E-state index in [2.05, 4.69) is 25.3 Å². The number of hydrogen-bond donors (Lipinski definition) is 3. The molecular formula is C27H26ClF3N4O4. The van der Waals surface area contributed by atoms with Crippen LogP contribution in [0.1, 0.15) is 28.8 Å². The van der Waals surface area contributed by atoms with E-state index in [4.69, 9.17) is 16.3 Å². The summed E-state index contributed by atoms with van der Waals surface area (Å²) in [4.78, 5) is 20.2. The van der Waals surface area contributed by atoms with Crippen molar-refractivity contribution in [3.63, 3.8) is 0 Å². The normalized spacial score (nSPS) is 11.7. The molecule has 2 aromatic carbocycles. The lowest BCUT2D eigenvalue weighted by atomic mass is 10.1. The summed E-state index contributed by atoms with van der Waals surface area (Å²) in [6.07, 6.45) is 0.141. The number of hydrogen-bond acceptors (Lipinski definition) is 7. The average Bonchev–Trinajstić information content (AvgIpc) is 2.90. The Kier molecular flexibility index (Phi) is 9.39. The number of carboxylic acids is 1. The van der Waals surface area contributed by atoms with Gasteiger partial charge in [-0.1, -0.05) is 23.7 Å². The van der Waals surface area contributed by atoms with Crippen LogP contribution in [0.2, 0.25) is 5.02 Å². The van der Waals surface area contributed by atoms with Gasteiger partial charge < -0.3 is 25.2 Å². The lowest BCUT2D eigenvalue weighted by molar-refractivity contribution is -0.274. The number of pyridine rings is 2. The molecule has 0 amide bonds. The molecule has 0 atom stereocenters. The summed E-state index contributed by atoms with van der Waals surface area (Å²) < 4.78 is 46.5. The van der Waals surface area contributed by atoms with Gasteiger partial charge in [0.05, 0.1) is 16.1 Å². The lowest BCUT2D eigenvalue weighted by Crippen LogP contribution is -2.18. The third-order valence-electron chi connectivity index (χ3n) is 5.79. The maximum absolute atomic E-state index is 12.3. The van der Waals surface area contributed by atoms with Crippen molar-refractivity contribution < 1.29 is 32.5 Å². The summed E-state index contributed by atoms with van der Waals surface area (Å²) in [6, 6.07) is 10.9. The Labute approximate surface area is 227 Å². The van der Waals surface area contributed by atoms with Crippen molar-refractivity contribution in [2.45, 2.75) is 25.7 Å². The number of fused-ring (bicyclic) bond motifs is 3. The van der Waals surface area contributed by atoms with E-state index in [1.165, 1.54) is 18.2 Å². The topological polar surface area (TPSA) is 106 Å². The van der Waals surface area contributed by atoms with Gasteiger partial charge in [0.15, 0.2) is 0 Å². The molecule has 0 bridgehead atoms. The summed E-state index contributed by atoms with van der Waals surface area (Å²) in [5.74, 6) is -0.778. The van der Waals surface area contributed by atoms with Crippen LogP contribution in [0.5, 0.6) is 5.75 Å². The van der Waals surface area contributed by atoms with Crippen LogP contribution in [0.25, 0.3) is 21.7 Å². The van der Waals surface area contributed by atoms with E-state index in [9.17, 15) is 23.1 Å². The van der Waals surface area contributed by atoms with Crippen molar-refractivity contribution in [3.05, 3.63) is 71.0 Å². The second-order valence-corrected chi connectivity index (χ2v) is 9.06. The van der Waals surface area contributed by atoms with Crippen LogP contribution in [0.3, 0.4) is 0 Å². The minimum absolute atomic E-state index is 0.0999. The molecular weight excluding hydrogens is 537 g/mol. The SMILES string of the molecule is O=C(O)c1ccc2c(c1)nc(NCCCOCCCNCc1ccc(OC(F)(F)F)c(Cl)c1)c1ccncc12. The van der Waals surface area contributed by atoms with E-state index in [1.54, 1.807) is 30.6 Å². The molecule has 2 aromatic heterocycles. The van der Waals surface area contributed by atoms with Crippen LogP contribution < -0.4 is 15.4 Å². The number of anilines is 1. The van der Waals surface area contributed by atoms with Gasteiger partial charge in [0.2, 0.25) is 0 Å². The van der Waals surface area contributed by atoms with Gasteiger partial charge in [-0.3, -0.25) is 4.98 Å². The zero-order valence-electron chi connectivity index (χ0n) is 20.7. The number of ether oxygens (including phenoxy) is 2. The van der Waals surface area contributed by atoms with Gasteiger partial charge in [0, 0.05) is 54.9 Å². The molecule has 39 heavy (non-hydrogen) atoms. The molecule has 12 heteroatoms. The zero-order chi connectivity index (χ0) is 27.8. The number of benzene rings is 2. The molecule has 206 valence electrons. The molecule has 0 aliphatic carbocycles. The van der Waals surface area contributed by atoms with Crippen LogP contribution in [-0.4, -0.2) is 53.7 Å². The molecule has 0 aliphatic rings. The van der Waals surface area contributed by atoms with Gasteiger partial charge in [0.1, 0.15) is 11.6 Å². The van der Waals surface area contributed by atoms with Crippen LogP contribution in [0.15, 0.2) is 54.9 Å². The number of carboxylic acid groups (broad SMARTS) is 1. The largest absolute Gasteiger partial charge is 0.573 e. The van der Waals surface area contributed by atoms with E-state index < -0.39 is 18.1 Å². The molecule has 0 radical (unpaired) electrons. The van der Waals surface area contributed by atoms with Gasteiger partial charge >= 0.3 is 12.3 Å². The summed E-state index contributed by atoms with van der Waals surface area (Å²) in [5.41, 5.74) is 1.49. The molecule has 2 heterocycles. The minimum Gasteiger partial charge on any atom is -0.478 e. The monoisotopic (exact) mass is 562 g/mol. The molecule has 4 aromatic rings. The Bertz CT molecular complexity index is 1450. The Morgan fingerprint density at radius 1 is 1.00 bits per heavy atom. The number of halogens is 4. The standard InChI is InChI=1S/C27H26ClF3N4O4/c28-22-13-17(3-6-24(22)39-27(29,30)31)15-32-8-1-11-38-12-2-9-34-25-20-7-10-33-16-21(20)19-5-4-18(26(36)37)14-23(19)35-25/h3-7,10,13-14,16,32H,1-2,8-9,11-12,15H2,(H,34,35)(H,36,37). The fraction of sp³-hybridized carbons (Fsp3) is 0.296. The maximum Gasteiger partial charge on any atom is 0.573 e. The number of alkyl halides is 3. The average molecular weight is 563 g/mol. The van der Waals surface area contributed by atoms with Gasteiger partial charge in [-0.05, 0) is 55.3 Å². The number of aromatic carboxylic acids is 1. The van der Waals surface area contributed by atoms with E-state index >= 15 is 0 Å². The quantitative estimate of drug-likeness (QED) is 0.134. The molecule has 4 rings (SSSR count). The van der Waals surface area contributed by atoms with E-state index in [0.29, 0.717) is 44.2 Å². The summed E-state index contributed by atoms with van der Waals surface area (Å²) in [7, 11) is 0. The molecule has 0 saturated heterocycles. The van der Waals surface area contributed by atoms with Crippen molar-refractivity contribution in [2.24, 2.45) is 0 Å². The molecule has 0 fully saturated rings. The lowest BCUT2D eigenvalue weighted by Gasteiger charge is -2.12. The molecule has 0 saturated carbocycles. The first-order valence-corrected chi connectivity index (χ1v) is 12.6. The third-order valence-corrected chi connectivity index (χ3v) is 6.09. The fourth-order valence-corrected chi connectivity index (χ4v) is 4.23. The predicted molar refractivity (Wildman–Crippen MR) is 142 cm³/mol.